The van der Waals surface area contributed by atoms with E-state index in [4.69, 9.17) is 4.74 Å². The molecule has 1 aromatic carbocycles. The third-order valence-electron chi connectivity index (χ3n) is 8.05. The summed E-state index contributed by atoms with van der Waals surface area (Å²) in [6.07, 6.45) is 9.29. The van der Waals surface area contributed by atoms with E-state index in [-0.39, 0.29) is 0 Å². The van der Waals surface area contributed by atoms with Gasteiger partial charge in [-0.15, -0.1) is 0 Å². The molecule has 1 aromatic rings. The van der Waals surface area contributed by atoms with Crippen LogP contribution in [0.4, 0.5) is 11.4 Å². The molecule has 1 aliphatic carbocycles. The number of piperazine rings is 1. The Labute approximate surface area is 185 Å². The Balaban J connectivity index is 1.90. The van der Waals surface area contributed by atoms with E-state index in [9.17, 15) is 0 Å². The standard InChI is InChI=1S/C26H45N3O/c1-7-14-28-15-17-29(18-16-28)23-20-25(30-6)24(27(4)5)19-22(23)21-10-12-26(8-2,9-3)13-11-21/h19-21H,7-18H2,1-6H3. The van der Waals surface area contributed by atoms with E-state index in [0.29, 0.717) is 11.3 Å². The Morgan fingerprint density at radius 3 is 2.13 bits per heavy atom. The highest BCUT2D eigenvalue weighted by Crippen LogP contribution is 2.50. The number of rotatable bonds is 8. The summed E-state index contributed by atoms with van der Waals surface area (Å²) in [7, 11) is 6.07. The SMILES string of the molecule is CCCN1CCN(c2cc(OC)c(N(C)C)cc2C2CCC(CC)(CC)CC2)CC1. The van der Waals surface area contributed by atoms with Crippen LogP contribution in [0.25, 0.3) is 0 Å². The number of nitrogens with zero attached hydrogens (tertiary/aromatic N) is 3. The lowest BCUT2D eigenvalue weighted by Crippen LogP contribution is -2.47. The van der Waals surface area contributed by atoms with Crippen LogP contribution in [0.15, 0.2) is 12.1 Å². The number of benzene rings is 1. The summed E-state index contributed by atoms with van der Waals surface area (Å²) >= 11 is 0. The van der Waals surface area contributed by atoms with Crippen molar-refractivity contribution in [2.75, 3.05) is 63.7 Å². The van der Waals surface area contributed by atoms with Gasteiger partial charge in [-0.05, 0) is 61.6 Å². The molecule has 1 saturated carbocycles. The van der Waals surface area contributed by atoms with Crippen LogP contribution in [-0.2, 0) is 0 Å². The molecule has 0 bridgehead atoms. The number of ether oxygens (including phenoxy) is 1. The Bertz CT molecular complexity index is 665. The van der Waals surface area contributed by atoms with E-state index < -0.39 is 0 Å². The first-order chi connectivity index (χ1) is 14.5. The maximum Gasteiger partial charge on any atom is 0.144 e. The number of methoxy groups -OCH3 is 1. The molecule has 0 atom stereocenters. The summed E-state index contributed by atoms with van der Waals surface area (Å²) in [5.74, 6) is 1.67. The van der Waals surface area contributed by atoms with E-state index in [2.05, 4.69) is 61.7 Å². The number of hydrogen-bond donors (Lipinski definition) is 0. The Morgan fingerprint density at radius 2 is 1.63 bits per heavy atom. The summed E-state index contributed by atoms with van der Waals surface area (Å²) in [4.78, 5) is 7.44. The van der Waals surface area contributed by atoms with Crippen molar-refractivity contribution in [3.63, 3.8) is 0 Å². The maximum absolute atomic E-state index is 5.83. The zero-order chi connectivity index (χ0) is 21.7. The van der Waals surface area contributed by atoms with Crippen LogP contribution < -0.4 is 14.5 Å². The fraction of sp³-hybridized carbons (Fsp3) is 0.769. The minimum absolute atomic E-state index is 0.583. The Hall–Kier alpha value is -1.42. The van der Waals surface area contributed by atoms with Gasteiger partial charge in [-0.1, -0.05) is 33.6 Å². The monoisotopic (exact) mass is 415 g/mol. The third-order valence-corrected chi connectivity index (χ3v) is 8.05. The van der Waals surface area contributed by atoms with Crippen molar-refractivity contribution in [1.29, 1.82) is 0 Å². The first-order valence-corrected chi connectivity index (χ1v) is 12.3. The predicted molar refractivity (Wildman–Crippen MR) is 130 cm³/mol. The van der Waals surface area contributed by atoms with Crippen molar-refractivity contribution in [2.45, 2.75) is 71.6 Å². The zero-order valence-corrected chi connectivity index (χ0v) is 20.5. The normalized spacial score (nSPS) is 20.4. The minimum Gasteiger partial charge on any atom is -0.495 e. The molecule has 4 nitrogen and oxygen atoms in total. The molecule has 0 radical (unpaired) electrons. The van der Waals surface area contributed by atoms with Gasteiger partial charge in [0.15, 0.2) is 0 Å². The molecule has 0 amide bonds. The van der Waals surface area contributed by atoms with Gasteiger partial charge < -0.3 is 14.5 Å². The van der Waals surface area contributed by atoms with Crippen molar-refractivity contribution in [3.8, 4) is 5.75 Å². The van der Waals surface area contributed by atoms with Crippen molar-refractivity contribution >= 4 is 11.4 Å². The van der Waals surface area contributed by atoms with Gasteiger partial charge in [-0.3, -0.25) is 4.90 Å². The molecule has 3 rings (SSSR count). The largest absolute Gasteiger partial charge is 0.495 e. The Morgan fingerprint density at radius 1 is 1.00 bits per heavy atom. The minimum atomic E-state index is 0.583. The van der Waals surface area contributed by atoms with Gasteiger partial charge in [0.2, 0.25) is 0 Å². The quantitative estimate of drug-likeness (QED) is 0.537. The van der Waals surface area contributed by atoms with Crippen molar-refractivity contribution < 1.29 is 4.74 Å². The van der Waals surface area contributed by atoms with Crippen molar-refractivity contribution in [3.05, 3.63) is 17.7 Å². The van der Waals surface area contributed by atoms with Gasteiger partial charge in [0, 0.05) is 52.0 Å². The number of hydrogen-bond acceptors (Lipinski definition) is 4. The highest BCUT2D eigenvalue weighted by atomic mass is 16.5. The van der Waals surface area contributed by atoms with Crippen LogP contribution in [-0.4, -0.2) is 58.8 Å². The molecular weight excluding hydrogens is 370 g/mol. The predicted octanol–water partition coefficient (Wildman–Crippen LogP) is 5.76. The number of anilines is 2. The van der Waals surface area contributed by atoms with Gasteiger partial charge in [0.1, 0.15) is 5.75 Å². The molecule has 4 heteroatoms. The van der Waals surface area contributed by atoms with E-state index in [1.54, 1.807) is 5.56 Å². The van der Waals surface area contributed by atoms with Gasteiger partial charge in [-0.2, -0.15) is 0 Å². The molecule has 0 aromatic heterocycles. The molecule has 30 heavy (non-hydrogen) atoms. The smallest absolute Gasteiger partial charge is 0.144 e. The molecule has 0 spiro atoms. The molecule has 1 heterocycles. The average molecular weight is 416 g/mol. The Kier molecular flexibility index (Phi) is 7.95. The summed E-state index contributed by atoms with van der Waals surface area (Å²) < 4.78 is 5.83. The fourth-order valence-corrected chi connectivity index (χ4v) is 5.71. The van der Waals surface area contributed by atoms with E-state index in [0.717, 1.165) is 18.8 Å². The lowest BCUT2D eigenvalue weighted by molar-refractivity contribution is 0.159. The van der Waals surface area contributed by atoms with Crippen molar-refractivity contribution in [1.82, 2.24) is 4.90 Å². The highest BCUT2D eigenvalue weighted by molar-refractivity contribution is 5.70. The lowest BCUT2D eigenvalue weighted by atomic mass is 9.66. The van der Waals surface area contributed by atoms with E-state index >= 15 is 0 Å². The molecule has 2 aliphatic rings. The second-order valence-electron chi connectivity index (χ2n) is 9.79. The van der Waals surface area contributed by atoms with Gasteiger partial charge in [0.05, 0.1) is 12.8 Å². The van der Waals surface area contributed by atoms with E-state index in [1.165, 1.54) is 76.0 Å². The zero-order valence-electron chi connectivity index (χ0n) is 20.5. The molecule has 2 fully saturated rings. The van der Waals surface area contributed by atoms with Crippen LogP contribution >= 0.6 is 0 Å². The second-order valence-corrected chi connectivity index (χ2v) is 9.79. The fourth-order valence-electron chi connectivity index (χ4n) is 5.71. The maximum atomic E-state index is 5.83. The molecule has 170 valence electrons. The van der Waals surface area contributed by atoms with Gasteiger partial charge in [-0.25, -0.2) is 0 Å². The molecule has 1 aliphatic heterocycles. The molecule has 1 saturated heterocycles. The van der Waals surface area contributed by atoms with Crippen molar-refractivity contribution in [2.24, 2.45) is 5.41 Å². The summed E-state index contributed by atoms with van der Waals surface area (Å²) in [5.41, 5.74) is 4.78. The molecule has 0 N–H and O–H groups in total. The highest BCUT2D eigenvalue weighted by Gasteiger charge is 2.34. The first kappa shape index (κ1) is 23.2. The van der Waals surface area contributed by atoms with Crippen LogP contribution in [0.5, 0.6) is 5.75 Å². The van der Waals surface area contributed by atoms with Crippen LogP contribution in [0, 0.1) is 5.41 Å². The van der Waals surface area contributed by atoms with E-state index in [1.807, 2.05) is 7.11 Å². The summed E-state index contributed by atoms with van der Waals surface area (Å²) in [5, 5.41) is 0. The van der Waals surface area contributed by atoms with Crippen LogP contribution in [0.3, 0.4) is 0 Å². The van der Waals surface area contributed by atoms with Crippen LogP contribution in [0.1, 0.15) is 77.2 Å². The topological polar surface area (TPSA) is 19.0 Å². The van der Waals surface area contributed by atoms with Crippen LogP contribution in [0.2, 0.25) is 0 Å². The average Bonchev–Trinajstić information content (AvgIpc) is 2.79. The summed E-state index contributed by atoms with van der Waals surface area (Å²) in [6.45, 7) is 12.9. The van der Waals surface area contributed by atoms with Gasteiger partial charge in [0.25, 0.3) is 0 Å². The first-order valence-electron chi connectivity index (χ1n) is 12.3. The summed E-state index contributed by atoms with van der Waals surface area (Å²) in [6, 6.07) is 4.78. The molecule has 0 unspecified atom stereocenters. The second kappa shape index (κ2) is 10.3. The van der Waals surface area contributed by atoms with Gasteiger partial charge >= 0.3 is 0 Å². The lowest BCUT2D eigenvalue weighted by Gasteiger charge is -2.42. The molecular formula is C26H45N3O. The third kappa shape index (κ3) is 4.90.